The normalized spacial score (nSPS) is 29.3. The van der Waals surface area contributed by atoms with Gasteiger partial charge in [-0.25, -0.2) is 0 Å². The van der Waals surface area contributed by atoms with Gasteiger partial charge in [0.2, 0.25) is 11.8 Å². The van der Waals surface area contributed by atoms with E-state index in [0.717, 1.165) is 30.6 Å². The highest BCUT2D eigenvalue weighted by Crippen LogP contribution is 2.56. The second kappa shape index (κ2) is 5.70. The summed E-state index contributed by atoms with van der Waals surface area (Å²) in [5, 5.41) is 0. The lowest BCUT2D eigenvalue weighted by atomic mass is 9.81. The highest BCUT2D eigenvalue weighted by molar-refractivity contribution is 6.22. The summed E-state index contributed by atoms with van der Waals surface area (Å²) >= 11 is 0. The van der Waals surface area contributed by atoms with Gasteiger partial charge in [-0.15, -0.1) is 0 Å². The maximum absolute atomic E-state index is 12.9. The van der Waals surface area contributed by atoms with Crippen molar-refractivity contribution in [3.05, 3.63) is 54.1 Å². The van der Waals surface area contributed by atoms with E-state index in [-0.39, 0.29) is 23.7 Å². The molecule has 1 aliphatic heterocycles. The van der Waals surface area contributed by atoms with Gasteiger partial charge in [-0.1, -0.05) is 12.1 Å². The fourth-order valence-electron chi connectivity index (χ4n) is 5.14. The number of carbonyl (C=O) groups is 2. The fraction of sp³-hybridized carbons (Fsp3) is 0.364. The summed E-state index contributed by atoms with van der Waals surface area (Å²) in [6, 6.07) is 15.1. The molecule has 0 spiro atoms. The molecule has 4 atom stereocenters. The molecular weight excluding hydrogens is 326 g/mol. The molecule has 2 aliphatic carbocycles. The highest BCUT2D eigenvalue weighted by atomic mass is 16.5. The molecule has 2 aromatic rings. The topological polar surface area (TPSA) is 46.6 Å². The summed E-state index contributed by atoms with van der Waals surface area (Å²) in [6.07, 6.45) is 3.26. The molecule has 5 rings (SSSR count). The number of carbonyl (C=O) groups excluding carboxylic acids is 2. The molecule has 0 radical (unpaired) electrons. The van der Waals surface area contributed by atoms with E-state index in [4.69, 9.17) is 4.74 Å². The van der Waals surface area contributed by atoms with Crippen molar-refractivity contribution in [1.82, 2.24) is 0 Å². The monoisotopic (exact) mass is 347 g/mol. The zero-order valence-corrected chi connectivity index (χ0v) is 14.7. The molecule has 2 amide bonds. The van der Waals surface area contributed by atoms with E-state index >= 15 is 0 Å². The molecule has 0 unspecified atom stereocenters. The largest absolute Gasteiger partial charge is 0.457 e. The van der Waals surface area contributed by atoms with Gasteiger partial charge in [-0.05, 0) is 80.0 Å². The lowest BCUT2D eigenvalue weighted by Gasteiger charge is -2.19. The van der Waals surface area contributed by atoms with E-state index in [1.807, 2.05) is 55.5 Å². The van der Waals surface area contributed by atoms with E-state index in [0.29, 0.717) is 23.3 Å². The molecular formula is C22H21NO3. The number of nitrogens with zero attached hydrogens (tertiary/aromatic N) is 1. The number of aryl methyl sites for hydroxylation is 1. The van der Waals surface area contributed by atoms with Crippen LogP contribution < -0.4 is 9.64 Å². The zero-order valence-electron chi connectivity index (χ0n) is 14.7. The fourth-order valence-corrected chi connectivity index (χ4v) is 5.14. The van der Waals surface area contributed by atoms with Crippen molar-refractivity contribution in [1.29, 1.82) is 0 Å². The van der Waals surface area contributed by atoms with Crippen LogP contribution in [-0.4, -0.2) is 11.8 Å². The lowest BCUT2D eigenvalue weighted by Crippen LogP contribution is -2.32. The van der Waals surface area contributed by atoms with Crippen molar-refractivity contribution in [3.8, 4) is 11.5 Å². The Hall–Kier alpha value is -2.62. The molecule has 2 bridgehead atoms. The third kappa shape index (κ3) is 2.28. The first-order valence-electron chi connectivity index (χ1n) is 9.34. The molecule has 3 fully saturated rings. The van der Waals surface area contributed by atoms with Gasteiger partial charge in [-0.2, -0.15) is 0 Å². The van der Waals surface area contributed by atoms with Gasteiger partial charge in [0.05, 0.1) is 17.5 Å². The number of hydrogen-bond acceptors (Lipinski definition) is 3. The van der Waals surface area contributed by atoms with Gasteiger partial charge in [0.25, 0.3) is 0 Å². The summed E-state index contributed by atoms with van der Waals surface area (Å²) in [5.41, 5.74) is 1.79. The van der Waals surface area contributed by atoms with Crippen LogP contribution in [0.3, 0.4) is 0 Å². The van der Waals surface area contributed by atoms with Gasteiger partial charge in [0.1, 0.15) is 11.5 Å². The number of hydrogen-bond donors (Lipinski definition) is 0. The maximum atomic E-state index is 12.9. The first-order valence-corrected chi connectivity index (χ1v) is 9.34. The minimum absolute atomic E-state index is 0.000414. The van der Waals surface area contributed by atoms with Crippen molar-refractivity contribution < 1.29 is 14.3 Å². The third-order valence-electron chi connectivity index (χ3n) is 6.25. The van der Waals surface area contributed by atoms with Crippen LogP contribution in [0.25, 0.3) is 0 Å². The van der Waals surface area contributed by atoms with Crippen molar-refractivity contribution >= 4 is 17.5 Å². The Morgan fingerprint density at radius 3 is 2.15 bits per heavy atom. The summed E-state index contributed by atoms with van der Waals surface area (Å²) in [5.74, 6) is 2.13. The Balaban J connectivity index is 1.38. The Bertz CT molecular complexity index is 861. The number of ether oxygens (including phenoxy) is 1. The van der Waals surface area contributed by atoms with Gasteiger partial charge < -0.3 is 4.74 Å². The van der Waals surface area contributed by atoms with Crippen molar-refractivity contribution in [2.45, 2.75) is 26.2 Å². The number of anilines is 1. The van der Waals surface area contributed by atoms with Gasteiger partial charge in [0, 0.05) is 0 Å². The smallest absolute Gasteiger partial charge is 0.237 e. The van der Waals surface area contributed by atoms with E-state index in [9.17, 15) is 9.59 Å². The maximum Gasteiger partial charge on any atom is 0.237 e. The summed E-state index contributed by atoms with van der Waals surface area (Å²) in [4.78, 5) is 27.2. The van der Waals surface area contributed by atoms with Crippen molar-refractivity contribution in [2.75, 3.05) is 4.90 Å². The van der Waals surface area contributed by atoms with Crippen LogP contribution in [0.2, 0.25) is 0 Å². The molecule has 1 heterocycles. The summed E-state index contributed by atoms with van der Waals surface area (Å²) in [6.45, 7) is 2.02. The van der Waals surface area contributed by atoms with Crippen LogP contribution in [-0.2, 0) is 9.59 Å². The SMILES string of the molecule is Cc1cccc(Oc2ccc(N3C(=O)[C@H]4[C@H]5CC[C@@H](C5)[C@@H]4C3=O)cc2)c1. The first-order chi connectivity index (χ1) is 12.6. The van der Waals surface area contributed by atoms with Crippen LogP contribution in [0.1, 0.15) is 24.8 Å². The number of benzene rings is 2. The molecule has 26 heavy (non-hydrogen) atoms. The van der Waals surface area contributed by atoms with Crippen LogP contribution >= 0.6 is 0 Å². The Morgan fingerprint density at radius 2 is 1.54 bits per heavy atom. The predicted molar refractivity (Wildman–Crippen MR) is 98.0 cm³/mol. The van der Waals surface area contributed by atoms with E-state index < -0.39 is 0 Å². The molecule has 4 heteroatoms. The second-order valence-electron chi connectivity index (χ2n) is 7.81. The van der Waals surface area contributed by atoms with Crippen LogP contribution in [0.15, 0.2) is 48.5 Å². The molecule has 4 nitrogen and oxygen atoms in total. The first kappa shape index (κ1) is 15.6. The van der Waals surface area contributed by atoms with Crippen LogP contribution in [0, 0.1) is 30.6 Å². The summed E-state index contributed by atoms with van der Waals surface area (Å²) in [7, 11) is 0. The van der Waals surface area contributed by atoms with Crippen LogP contribution in [0.4, 0.5) is 5.69 Å². The minimum Gasteiger partial charge on any atom is -0.457 e. The van der Waals surface area contributed by atoms with E-state index in [2.05, 4.69) is 0 Å². The van der Waals surface area contributed by atoms with Gasteiger partial charge >= 0.3 is 0 Å². The Kier molecular flexibility index (Phi) is 3.42. The van der Waals surface area contributed by atoms with Crippen molar-refractivity contribution in [3.63, 3.8) is 0 Å². The molecule has 132 valence electrons. The van der Waals surface area contributed by atoms with Gasteiger partial charge in [-0.3, -0.25) is 14.5 Å². The Labute approximate surface area is 152 Å². The average molecular weight is 347 g/mol. The van der Waals surface area contributed by atoms with E-state index in [1.54, 1.807) is 0 Å². The molecule has 2 aromatic carbocycles. The Morgan fingerprint density at radius 1 is 0.885 bits per heavy atom. The second-order valence-corrected chi connectivity index (χ2v) is 7.81. The van der Waals surface area contributed by atoms with E-state index in [1.165, 1.54) is 4.90 Å². The zero-order chi connectivity index (χ0) is 17.8. The number of imide groups is 1. The van der Waals surface area contributed by atoms with Crippen LogP contribution in [0.5, 0.6) is 11.5 Å². The molecule has 1 saturated heterocycles. The minimum atomic E-state index is -0.0792. The third-order valence-corrected chi connectivity index (χ3v) is 6.25. The lowest BCUT2D eigenvalue weighted by molar-refractivity contribution is -0.123. The van der Waals surface area contributed by atoms with Crippen molar-refractivity contribution in [2.24, 2.45) is 23.7 Å². The highest BCUT2D eigenvalue weighted by Gasteiger charge is 2.61. The standard InChI is InChI=1S/C22H21NO3/c1-13-3-2-4-18(11-13)26-17-9-7-16(8-10-17)23-21(24)19-14-5-6-15(12-14)20(19)22(23)25/h2-4,7-11,14-15,19-20H,5-6,12H2,1H3/t14-,15-,19-,20-/m0/s1. The predicted octanol–water partition coefficient (Wildman–Crippen LogP) is 4.32. The molecule has 2 saturated carbocycles. The molecule has 0 aromatic heterocycles. The quantitative estimate of drug-likeness (QED) is 0.777. The molecule has 0 N–H and O–H groups in total. The number of fused-ring (bicyclic) bond motifs is 5. The number of amides is 2. The number of rotatable bonds is 3. The average Bonchev–Trinajstić information content (AvgIpc) is 3.30. The molecule has 3 aliphatic rings. The summed E-state index contributed by atoms with van der Waals surface area (Å²) < 4.78 is 5.86. The van der Waals surface area contributed by atoms with Gasteiger partial charge in [0.15, 0.2) is 0 Å².